The zero-order valence-electron chi connectivity index (χ0n) is 15.4. The van der Waals surface area contributed by atoms with Crippen molar-refractivity contribution >= 4 is 62.0 Å². The molecule has 9 heteroatoms. The van der Waals surface area contributed by atoms with Crippen molar-refractivity contribution in [3.8, 4) is 5.75 Å². The molecule has 0 aliphatic heterocycles. The molecule has 0 saturated carbocycles. The molecule has 0 unspecified atom stereocenters. The third kappa shape index (κ3) is 6.41. The molecule has 0 radical (unpaired) electrons. The summed E-state index contributed by atoms with van der Waals surface area (Å²) in [6.07, 6.45) is 1.51. The summed E-state index contributed by atoms with van der Waals surface area (Å²) in [6, 6.07) is 17.8. The summed E-state index contributed by atoms with van der Waals surface area (Å²) < 4.78 is 7.70. The molecule has 3 aromatic carbocycles. The predicted octanol–water partition coefficient (Wildman–Crippen LogP) is 6.75. The number of hydrogen-bond acceptors (Lipinski definition) is 5. The topological polar surface area (TPSA) is 74.0 Å². The second-order valence-electron chi connectivity index (χ2n) is 6.16. The second-order valence-corrected chi connectivity index (χ2v) is 8.67. The van der Waals surface area contributed by atoms with Gasteiger partial charge in [-0.15, -0.1) is 0 Å². The minimum absolute atomic E-state index is 0.0108. The maximum Gasteiger partial charge on any atom is 0.269 e. The van der Waals surface area contributed by atoms with E-state index in [1.807, 2.05) is 30.3 Å². The van der Waals surface area contributed by atoms with Crippen molar-refractivity contribution in [1.82, 2.24) is 0 Å². The van der Waals surface area contributed by atoms with E-state index in [1.54, 1.807) is 18.2 Å². The molecule has 6 nitrogen and oxygen atoms in total. The molecule has 0 amide bonds. The Morgan fingerprint density at radius 1 is 1.10 bits per heavy atom. The summed E-state index contributed by atoms with van der Waals surface area (Å²) in [5, 5.41) is 15.2. The molecular weight excluding hydrogens is 587 g/mol. The van der Waals surface area contributed by atoms with Crippen molar-refractivity contribution < 1.29 is 14.5 Å². The predicted molar refractivity (Wildman–Crippen MR) is 128 cm³/mol. The first-order valence-electron chi connectivity index (χ1n) is 8.67. The Bertz CT molecular complexity index is 1050. The maximum absolute atomic E-state index is 10.8. The summed E-state index contributed by atoms with van der Waals surface area (Å²) in [4.78, 5) is 15.6. The van der Waals surface area contributed by atoms with Crippen LogP contribution in [0.3, 0.4) is 0 Å². The van der Waals surface area contributed by atoms with Gasteiger partial charge in [-0.1, -0.05) is 41.0 Å². The van der Waals surface area contributed by atoms with Gasteiger partial charge in [-0.3, -0.25) is 10.1 Å². The molecule has 0 atom stereocenters. The zero-order valence-corrected chi connectivity index (χ0v) is 19.9. The minimum atomic E-state index is -0.450. The third-order valence-corrected chi connectivity index (χ3v) is 5.53. The first-order chi connectivity index (χ1) is 14.4. The highest BCUT2D eigenvalue weighted by atomic mass is 127. The van der Waals surface area contributed by atoms with Crippen LogP contribution in [0.5, 0.6) is 5.75 Å². The van der Waals surface area contributed by atoms with Crippen LogP contribution in [0.15, 0.2) is 70.3 Å². The highest BCUT2D eigenvalue weighted by molar-refractivity contribution is 14.1. The number of non-ortho nitro benzene ring substituents is 1. The van der Waals surface area contributed by atoms with Gasteiger partial charge in [0.1, 0.15) is 13.2 Å². The molecule has 0 heterocycles. The Balaban J connectivity index is 1.59. The molecule has 0 N–H and O–H groups in total. The number of nitro benzene ring substituents is 1. The molecule has 0 aliphatic rings. The number of nitrogens with zero attached hydrogens (tertiary/aromatic N) is 2. The van der Waals surface area contributed by atoms with E-state index in [0.717, 1.165) is 9.13 Å². The van der Waals surface area contributed by atoms with Gasteiger partial charge in [0.05, 0.1) is 20.6 Å². The van der Waals surface area contributed by atoms with Crippen LogP contribution in [0.25, 0.3) is 0 Å². The SMILES string of the molecule is O=[N+]([O-])c1cccc(CO/N=C\c2cc(Cl)c(OCc3ccc(I)cc3)c(Br)c2)c1. The van der Waals surface area contributed by atoms with E-state index < -0.39 is 4.92 Å². The van der Waals surface area contributed by atoms with Gasteiger partial charge in [0.2, 0.25) is 0 Å². The molecule has 0 bridgehead atoms. The summed E-state index contributed by atoms with van der Waals surface area (Å²) in [6.45, 7) is 0.513. The fraction of sp³-hybridized carbons (Fsp3) is 0.0952. The molecule has 154 valence electrons. The van der Waals surface area contributed by atoms with Gasteiger partial charge in [0, 0.05) is 15.7 Å². The van der Waals surface area contributed by atoms with E-state index in [-0.39, 0.29) is 12.3 Å². The monoisotopic (exact) mass is 600 g/mol. The second kappa shape index (κ2) is 10.7. The van der Waals surface area contributed by atoms with E-state index >= 15 is 0 Å². The van der Waals surface area contributed by atoms with E-state index in [2.05, 4.69) is 43.7 Å². The fourth-order valence-corrected chi connectivity index (χ4v) is 3.85. The molecule has 3 aromatic rings. The fourth-order valence-electron chi connectivity index (χ4n) is 2.50. The largest absolute Gasteiger partial charge is 0.486 e. The van der Waals surface area contributed by atoms with Crippen LogP contribution in [0, 0.1) is 13.7 Å². The maximum atomic E-state index is 10.8. The smallest absolute Gasteiger partial charge is 0.269 e. The number of halogens is 3. The number of rotatable bonds is 8. The Morgan fingerprint density at radius 3 is 2.57 bits per heavy atom. The van der Waals surface area contributed by atoms with Crippen LogP contribution in [-0.4, -0.2) is 11.1 Å². The van der Waals surface area contributed by atoms with Gasteiger partial charge >= 0.3 is 0 Å². The number of ether oxygens (including phenoxy) is 1. The summed E-state index contributed by atoms with van der Waals surface area (Å²) in [5.41, 5.74) is 2.42. The van der Waals surface area contributed by atoms with E-state index in [4.69, 9.17) is 21.2 Å². The average molecular weight is 602 g/mol. The molecule has 30 heavy (non-hydrogen) atoms. The van der Waals surface area contributed by atoms with E-state index in [1.165, 1.54) is 18.3 Å². The number of hydrogen-bond donors (Lipinski definition) is 0. The molecule has 0 saturated heterocycles. The van der Waals surface area contributed by atoms with Crippen LogP contribution >= 0.6 is 50.1 Å². The van der Waals surface area contributed by atoms with Crippen LogP contribution < -0.4 is 4.74 Å². The van der Waals surface area contributed by atoms with E-state index in [0.29, 0.717) is 33.0 Å². The Kier molecular flexibility index (Phi) is 8.06. The zero-order chi connectivity index (χ0) is 21.5. The first-order valence-corrected chi connectivity index (χ1v) is 10.9. The van der Waals surface area contributed by atoms with Crippen molar-refractivity contribution in [3.63, 3.8) is 0 Å². The Labute approximate surface area is 200 Å². The lowest BCUT2D eigenvalue weighted by Gasteiger charge is -2.11. The number of oxime groups is 1. The van der Waals surface area contributed by atoms with Crippen molar-refractivity contribution in [3.05, 3.63) is 101 Å². The highest BCUT2D eigenvalue weighted by Gasteiger charge is 2.10. The first kappa shape index (κ1) is 22.5. The van der Waals surface area contributed by atoms with Crippen molar-refractivity contribution in [2.24, 2.45) is 5.16 Å². The Hall–Kier alpha value is -2.17. The van der Waals surface area contributed by atoms with Gasteiger partial charge < -0.3 is 9.57 Å². The van der Waals surface area contributed by atoms with E-state index in [9.17, 15) is 10.1 Å². The van der Waals surface area contributed by atoms with Crippen molar-refractivity contribution in [1.29, 1.82) is 0 Å². The quantitative estimate of drug-likeness (QED) is 0.124. The number of nitro groups is 1. The highest BCUT2D eigenvalue weighted by Crippen LogP contribution is 2.34. The van der Waals surface area contributed by atoms with Gasteiger partial charge in [-0.05, 0) is 79.5 Å². The van der Waals surface area contributed by atoms with Gasteiger partial charge in [0.25, 0.3) is 5.69 Å². The lowest BCUT2D eigenvalue weighted by molar-refractivity contribution is -0.384. The molecule has 0 aromatic heterocycles. The molecule has 3 rings (SSSR count). The number of benzene rings is 3. The van der Waals surface area contributed by atoms with Gasteiger partial charge in [-0.2, -0.15) is 0 Å². The van der Waals surface area contributed by atoms with Crippen LogP contribution in [-0.2, 0) is 18.1 Å². The summed E-state index contributed by atoms with van der Waals surface area (Å²) >= 11 is 12.1. The van der Waals surface area contributed by atoms with Crippen molar-refractivity contribution in [2.45, 2.75) is 13.2 Å². The molecule has 0 spiro atoms. The van der Waals surface area contributed by atoms with Crippen LogP contribution in [0.1, 0.15) is 16.7 Å². The van der Waals surface area contributed by atoms with Crippen LogP contribution in [0.4, 0.5) is 5.69 Å². The Morgan fingerprint density at radius 2 is 1.87 bits per heavy atom. The third-order valence-electron chi connectivity index (χ3n) is 3.95. The molecule has 0 aliphatic carbocycles. The lowest BCUT2D eigenvalue weighted by Crippen LogP contribution is -1.98. The van der Waals surface area contributed by atoms with Gasteiger partial charge in [-0.25, -0.2) is 0 Å². The van der Waals surface area contributed by atoms with Crippen LogP contribution in [0.2, 0.25) is 5.02 Å². The van der Waals surface area contributed by atoms with Gasteiger partial charge in [0.15, 0.2) is 5.75 Å². The van der Waals surface area contributed by atoms with Crippen molar-refractivity contribution in [2.75, 3.05) is 0 Å². The lowest BCUT2D eigenvalue weighted by atomic mass is 10.2. The summed E-state index contributed by atoms with van der Waals surface area (Å²) in [5.74, 6) is 0.546. The normalized spacial score (nSPS) is 10.9. The molecule has 0 fully saturated rings. The minimum Gasteiger partial charge on any atom is -0.486 e. The average Bonchev–Trinajstić information content (AvgIpc) is 2.72. The summed E-state index contributed by atoms with van der Waals surface area (Å²) in [7, 11) is 0. The standard InChI is InChI=1S/C21H15BrClIN2O4/c22-19-9-16(11-25-30-13-15-2-1-3-18(8-15)26(27)28)10-20(23)21(19)29-12-14-4-6-17(24)7-5-14/h1-11H,12-13H2/b25-11-. The molecular formula is C21H15BrClIN2O4.